The molecule has 15 rings (SSSR count). The first kappa shape index (κ1) is 19.9. The van der Waals surface area contributed by atoms with E-state index < -0.39 is 48.3 Å². The van der Waals surface area contributed by atoms with E-state index in [9.17, 15) is 13.7 Å². The standard InChI is InChI=1S/C54H28N2O2/c1-5-13-43-37(11-1)51-31(29-17-23-49-41(25-29)33-9-3-7-15-47(33)57-49)19-21-35-39-28-46-40(27-45(39)55(43)53(35)51)36-22-20-32(52-38-12-2-6-14-44(38)56(46)54(36)52)30-18-24-50-42(26-30)34-10-4-8-16-48(34)58-50/h1-28H/i1D,2D,5D,6D,11D,12D,13D,14D,19D,20D,21D,22D,27D,28D. The number of furan rings is 2. The van der Waals surface area contributed by atoms with Crippen LogP contribution in [0.2, 0.25) is 0 Å². The van der Waals surface area contributed by atoms with Gasteiger partial charge < -0.3 is 17.6 Å². The number of rotatable bonds is 2. The highest BCUT2D eigenvalue weighted by atomic mass is 16.3. The Morgan fingerprint density at radius 1 is 0.362 bits per heavy atom. The molecule has 0 N–H and O–H groups in total. The molecule has 6 heterocycles. The van der Waals surface area contributed by atoms with Crippen LogP contribution in [0.25, 0.3) is 142 Å². The maximum atomic E-state index is 10.3. The summed E-state index contributed by atoms with van der Waals surface area (Å²) in [7, 11) is 0. The molecule has 4 heteroatoms. The Morgan fingerprint density at radius 2 is 0.810 bits per heavy atom. The second kappa shape index (κ2) is 10.1. The first-order valence-corrected chi connectivity index (χ1v) is 18.8. The number of nitrogens with zero attached hydrogens (tertiary/aromatic N) is 2. The Morgan fingerprint density at radius 3 is 1.31 bits per heavy atom. The van der Waals surface area contributed by atoms with Gasteiger partial charge in [-0.05, 0) is 82.8 Å². The Kier molecular flexibility index (Phi) is 3.47. The molecule has 0 aliphatic rings. The van der Waals surface area contributed by atoms with Gasteiger partial charge in [-0.2, -0.15) is 0 Å². The Hall–Kier alpha value is -7.82. The van der Waals surface area contributed by atoms with E-state index in [0.29, 0.717) is 44.2 Å². The minimum Gasteiger partial charge on any atom is -0.456 e. The second-order valence-electron chi connectivity index (χ2n) is 14.9. The maximum absolute atomic E-state index is 10.3. The van der Waals surface area contributed by atoms with Crippen molar-refractivity contribution in [3.63, 3.8) is 0 Å². The van der Waals surface area contributed by atoms with Gasteiger partial charge in [0.25, 0.3) is 0 Å². The van der Waals surface area contributed by atoms with E-state index in [1.165, 1.54) is 8.80 Å². The van der Waals surface area contributed by atoms with Crippen LogP contribution in [-0.4, -0.2) is 8.80 Å². The number of aromatic nitrogens is 2. The molecule has 266 valence electrons. The zero-order valence-electron chi connectivity index (χ0n) is 43.8. The van der Waals surface area contributed by atoms with Crippen molar-refractivity contribution in [2.45, 2.75) is 0 Å². The average Bonchev–Trinajstić information content (AvgIpc) is 4.23. The first-order chi connectivity index (χ1) is 34.6. The molecule has 0 bridgehead atoms. The third-order valence-electron chi connectivity index (χ3n) is 12.0. The highest BCUT2D eigenvalue weighted by Gasteiger charge is 2.25. The molecule has 9 aromatic carbocycles. The van der Waals surface area contributed by atoms with Gasteiger partial charge in [0.05, 0.1) is 52.3 Å². The molecule has 0 aliphatic heterocycles. The lowest BCUT2D eigenvalue weighted by Gasteiger charge is -2.07. The second-order valence-corrected chi connectivity index (χ2v) is 14.9. The smallest absolute Gasteiger partial charge is 0.135 e. The molecule has 6 aromatic heterocycles. The van der Waals surface area contributed by atoms with Crippen molar-refractivity contribution in [2.24, 2.45) is 0 Å². The van der Waals surface area contributed by atoms with E-state index in [1.807, 2.05) is 60.7 Å². The number of hydrogen-bond donors (Lipinski definition) is 0. The van der Waals surface area contributed by atoms with Gasteiger partial charge in [0.1, 0.15) is 22.3 Å². The SMILES string of the molecule is [2H]c1c([2H])c([2H])c2c(c1[2H])c1c(-c3ccc4oc5ccccc5c4c3)c([2H])c([2H])c3c4c([2H])c5c(c([2H])c4n2c31)c1c([2H])c([2H])c(-c2ccc3oc4ccccc4c3c2)c2c3c([2H])c([2H])c([2H])c([2H])c3n5c12. The third-order valence-corrected chi connectivity index (χ3v) is 12.0. The van der Waals surface area contributed by atoms with Gasteiger partial charge in [-0.25, -0.2) is 0 Å². The summed E-state index contributed by atoms with van der Waals surface area (Å²) in [6.07, 6.45) is 0. The molecular formula is C54H28N2O2. The van der Waals surface area contributed by atoms with Crippen molar-refractivity contribution in [1.29, 1.82) is 0 Å². The average molecular weight is 751 g/mol. The molecule has 15 aromatic rings. The molecule has 0 unspecified atom stereocenters. The van der Waals surface area contributed by atoms with Crippen LogP contribution < -0.4 is 0 Å². The third kappa shape index (κ3) is 3.46. The lowest BCUT2D eigenvalue weighted by Crippen LogP contribution is -1.82. The molecule has 0 fully saturated rings. The maximum Gasteiger partial charge on any atom is 0.135 e. The first-order valence-electron chi connectivity index (χ1n) is 25.8. The summed E-state index contributed by atoms with van der Waals surface area (Å²) in [6, 6.07) is 19.7. The summed E-state index contributed by atoms with van der Waals surface area (Å²) in [4.78, 5) is 0. The number of benzene rings is 9. The molecular weight excluding hydrogens is 709 g/mol. The van der Waals surface area contributed by atoms with Crippen LogP contribution in [0.4, 0.5) is 0 Å². The van der Waals surface area contributed by atoms with Crippen LogP contribution in [0, 0.1) is 0 Å². The minimum absolute atomic E-state index is 0.00632. The Labute approximate surface area is 348 Å². The highest BCUT2D eigenvalue weighted by molar-refractivity contribution is 6.32. The van der Waals surface area contributed by atoms with E-state index in [2.05, 4.69) is 0 Å². The van der Waals surface area contributed by atoms with Crippen LogP contribution in [0.1, 0.15) is 19.2 Å². The Balaban J connectivity index is 1.17. The van der Waals surface area contributed by atoms with Gasteiger partial charge in [0.15, 0.2) is 0 Å². The van der Waals surface area contributed by atoms with E-state index in [1.54, 1.807) is 24.3 Å². The summed E-state index contributed by atoms with van der Waals surface area (Å²) >= 11 is 0. The van der Waals surface area contributed by atoms with Gasteiger partial charge >= 0.3 is 0 Å². The molecule has 0 radical (unpaired) electrons. The summed E-state index contributed by atoms with van der Waals surface area (Å²) in [5.41, 5.74) is 3.93. The number of para-hydroxylation sites is 4. The number of hydrogen-bond acceptors (Lipinski definition) is 2. The molecule has 0 saturated carbocycles. The van der Waals surface area contributed by atoms with Crippen molar-refractivity contribution in [3.8, 4) is 22.3 Å². The molecule has 0 spiro atoms. The molecule has 0 atom stereocenters. The molecule has 58 heavy (non-hydrogen) atoms. The monoisotopic (exact) mass is 750 g/mol. The van der Waals surface area contributed by atoms with Gasteiger partial charge in [-0.1, -0.05) is 109 Å². The Bertz CT molecular complexity index is 4790. The predicted octanol–water partition coefficient (Wildman–Crippen LogP) is 15.1. The van der Waals surface area contributed by atoms with Gasteiger partial charge in [-0.15, -0.1) is 0 Å². The summed E-state index contributed by atoms with van der Waals surface area (Å²) in [5.74, 6) is 0. The predicted molar refractivity (Wildman–Crippen MR) is 241 cm³/mol. The van der Waals surface area contributed by atoms with Crippen LogP contribution in [0.15, 0.2) is 178 Å². The fraction of sp³-hybridized carbons (Fsp3) is 0. The number of fused-ring (bicyclic) bond motifs is 18. The van der Waals surface area contributed by atoms with Crippen LogP contribution in [-0.2, 0) is 0 Å². The van der Waals surface area contributed by atoms with Crippen molar-refractivity contribution < 1.29 is 28.0 Å². The molecule has 0 saturated heterocycles. The highest BCUT2D eigenvalue weighted by Crippen LogP contribution is 2.49. The van der Waals surface area contributed by atoms with E-state index in [0.717, 1.165) is 10.8 Å². The summed E-state index contributed by atoms with van der Waals surface area (Å²) in [5, 5.41) is 3.58. The van der Waals surface area contributed by atoms with Crippen molar-refractivity contribution in [1.82, 2.24) is 8.80 Å². The lowest BCUT2D eigenvalue weighted by atomic mass is 9.95. The van der Waals surface area contributed by atoms with Crippen molar-refractivity contribution >= 4 is 120 Å². The minimum atomic E-state index is -0.562. The normalized spacial score (nSPS) is 16.2. The zero-order valence-corrected chi connectivity index (χ0v) is 29.8. The van der Waals surface area contributed by atoms with E-state index in [4.69, 9.17) is 14.3 Å². The van der Waals surface area contributed by atoms with Gasteiger partial charge in [-0.3, -0.25) is 0 Å². The fourth-order valence-corrected chi connectivity index (χ4v) is 9.63. The largest absolute Gasteiger partial charge is 0.456 e. The molecule has 4 nitrogen and oxygen atoms in total. The van der Waals surface area contributed by atoms with Crippen LogP contribution in [0.5, 0.6) is 0 Å². The quantitative estimate of drug-likeness (QED) is 0.176. The summed E-state index contributed by atoms with van der Waals surface area (Å²) in [6.45, 7) is 0. The summed E-state index contributed by atoms with van der Waals surface area (Å²) < 4.78 is 148. The lowest BCUT2D eigenvalue weighted by molar-refractivity contribution is 0.668. The van der Waals surface area contributed by atoms with Crippen LogP contribution in [0.3, 0.4) is 0 Å². The van der Waals surface area contributed by atoms with E-state index in [-0.39, 0.29) is 124 Å². The zero-order chi connectivity index (χ0) is 49.6. The van der Waals surface area contributed by atoms with Gasteiger partial charge in [0.2, 0.25) is 0 Å². The van der Waals surface area contributed by atoms with Crippen LogP contribution >= 0.6 is 0 Å². The molecule has 0 amide bonds. The van der Waals surface area contributed by atoms with Gasteiger partial charge in [0, 0.05) is 64.6 Å². The molecule has 0 aliphatic carbocycles. The van der Waals surface area contributed by atoms with E-state index >= 15 is 0 Å². The van der Waals surface area contributed by atoms with Crippen molar-refractivity contribution in [3.05, 3.63) is 170 Å². The fourth-order valence-electron chi connectivity index (χ4n) is 9.63. The topological polar surface area (TPSA) is 35.1 Å². The van der Waals surface area contributed by atoms with Crippen molar-refractivity contribution in [2.75, 3.05) is 0 Å².